The van der Waals surface area contributed by atoms with Gasteiger partial charge in [-0.15, -0.1) is 0 Å². The number of nitrogens with zero attached hydrogens (tertiary/aromatic N) is 1. The van der Waals surface area contributed by atoms with E-state index in [4.69, 9.17) is 0 Å². The minimum Gasteiger partial charge on any atom is -0.367 e. The van der Waals surface area contributed by atoms with Crippen LogP contribution in [-0.2, 0) is 0 Å². The summed E-state index contributed by atoms with van der Waals surface area (Å²) in [5.74, 6) is 1.76. The van der Waals surface area contributed by atoms with Crippen molar-refractivity contribution in [3.63, 3.8) is 0 Å². The average molecular weight is 319 g/mol. The Labute approximate surface area is 122 Å². The number of halogens is 1. The van der Waals surface area contributed by atoms with Crippen molar-refractivity contribution in [3.8, 4) is 0 Å². The Morgan fingerprint density at radius 3 is 2.84 bits per heavy atom. The van der Waals surface area contributed by atoms with Gasteiger partial charge in [0.25, 0.3) is 0 Å². The van der Waals surface area contributed by atoms with Gasteiger partial charge in [0.05, 0.1) is 0 Å². The monoisotopic (exact) mass is 318 g/mol. The van der Waals surface area contributed by atoms with Gasteiger partial charge in [-0.25, -0.2) is 4.98 Å². The molecule has 0 aliphatic heterocycles. The van der Waals surface area contributed by atoms with Crippen molar-refractivity contribution in [1.29, 1.82) is 0 Å². The molecule has 1 aromatic carbocycles. The number of pyridine rings is 1. The summed E-state index contributed by atoms with van der Waals surface area (Å²) in [6, 6.07) is 8.92. The summed E-state index contributed by atoms with van der Waals surface area (Å²) >= 11 is 3.61. The van der Waals surface area contributed by atoms with Crippen LogP contribution < -0.4 is 5.32 Å². The van der Waals surface area contributed by atoms with Crippen LogP contribution in [-0.4, -0.2) is 11.0 Å². The maximum absolute atomic E-state index is 4.54. The number of hydrogen-bond acceptors (Lipinski definition) is 2. The van der Waals surface area contributed by atoms with Crippen molar-refractivity contribution in [2.45, 2.75) is 38.6 Å². The van der Waals surface area contributed by atoms with Crippen LogP contribution in [0.15, 0.2) is 34.9 Å². The second-order valence-corrected chi connectivity index (χ2v) is 6.36. The molecular weight excluding hydrogens is 300 g/mol. The van der Waals surface area contributed by atoms with E-state index in [0.29, 0.717) is 6.04 Å². The van der Waals surface area contributed by atoms with Crippen molar-refractivity contribution in [2.24, 2.45) is 5.92 Å². The largest absolute Gasteiger partial charge is 0.367 e. The Bertz CT molecular complexity index is 582. The van der Waals surface area contributed by atoms with Gasteiger partial charge in [0.2, 0.25) is 0 Å². The van der Waals surface area contributed by atoms with Gasteiger partial charge in [-0.2, -0.15) is 0 Å². The number of rotatable bonds is 2. The van der Waals surface area contributed by atoms with Crippen molar-refractivity contribution in [2.75, 3.05) is 5.32 Å². The molecule has 0 saturated heterocycles. The molecule has 1 fully saturated rings. The summed E-state index contributed by atoms with van der Waals surface area (Å²) in [6.07, 6.45) is 7.17. The van der Waals surface area contributed by atoms with E-state index in [1.807, 2.05) is 6.20 Å². The van der Waals surface area contributed by atoms with E-state index in [0.717, 1.165) is 16.2 Å². The maximum Gasteiger partial charge on any atom is 0.134 e. The first-order chi connectivity index (χ1) is 9.25. The van der Waals surface area contributed by atoms with E-state index in [-0.39, 0.29) is 0 Å². The third-order valence-electron chi connectivity index (χ3n) is 4.19. The highest BCUT2D eigenvalue weighted by Gasteiger charge is 2.21. The van der Waals surface area contributed by atoms with Crippen molar-refractivity contribution < 1.29 is 0 Å². The molecule has 2 nitrogen and oxygen atoms in total. The number of aromatic nitrogens is 1. The summed E-state index contributed by atoms with van der Waals surface area (Å²) in [7, 11) is 0. The van der Waals surface area contributed by atoms with Crippen molar-refractivity contribution >= 4 is 32.5 Å². The molecule has 100 valence electrons. The normalized spacial score (nSPS) is 23.5. The lowest BCUT2D eigenvalue weighted by atomic mass is 9.86. The van der Waals surface area contributed by atoms with Gasteiger partial charge >= 0.3 is 0 Å². The lowest BCUT2D eigenvalue weighted by Crippen LogP contribution is -2.30. The van der Waals surface area contributed by atoms with Crippen LogP contribution in [0.4, 0.5) is 5.82 Å². The molecule has 1 aromatic heterocycles. The highest BCUT2D eigenvalue weighted by molar-refractivity contribution is 9.10. The second kappa shape index (κ2) is 5.49. The molecule has 1 saturated carbocycles. The number of anilines is 1. The fraction of sp³-hybridized carbons (Fsp3) is 0.438. The SMILES string of the molecule is CC1CCCCC1Nc1nccc2c(Br)cccc12. The lowest BCUT2D eigenvalue weighted by molar-refractivity contribution is 0.349. The molecule has 19 heavy (non-hydrogen) atoms. The minimum atomic E-state index is 0.561. The molecule has 2 aromatic rings. The van der Waals surface area contributed by atoms with Crippen molar-refractivity contribution in [1.82, 2.24) is 4.98 Å². The molecule has 1 N–H and O–H groups in total. The summed E-state index contributed by atoms with van der Waals surface area (Å²) in [5.41, 5.74) is 0. The summed E-state index contributed by atoms with van der Waals surface area (Å²) < 4.78 is 1.13. The number of hydrogen-bond donors (Lipinski definition) is 1. The molecule has 0 bridgehead atoms. The molecular formula is C16H19BrN2. The van der Waals surface area contributed by atoms with E-state index in [1.165, 1.54) is 36.5 Å². The first-order valence-electron chi connectivity index (χ1n) is 7.05. The summed E-state index contributed by atoms with van der Waals surface area (Å²) in [6.45, 7) is 2.35. The molecule has 3 heteroatoms. The Kier molecular flexibility index (Phi) is 3.74. The van der Waals surface area contributed by atoms with Gasteiger partial charge in [0.15, 0.2) is 0 Å². The van der Waals surface area contributed by atoms with Gasteiger partial charge in [0, 0.05) is 27.5 Å². The van der Waals surface area contributed by atoms with E-state index < -0.39 is 0 Å². The van der Waals surface area contributed by atoms with Crippen LogP contribution >= 0.6 is 15.9 Å². The lowest BCUT2D eigenvalue weighted by Gasteiger charge is -2.30. The zero-order valence-electron chi connectivity index (χ0n) is 11.2. The minimum absolute atomic E-state index is 0.561. The van der Waals surface area contributed by atoms with Crippen LogP contribution in [0.25, 0.3) is 10.8 Å². The Morgan fingerprint density at radius 1 is 1.16 bits per heavy atom. The first-order valence-corrected chi connectivity index (χ1v) is 7.85. The molecule has 3 rings (SSSR count). The predicted octanol–water partition coefficient (Wildman–Crippen LogP) is 4.99. The Morgan fingerprint density at radius 2 is 2.00 bits per heavy atom. The van der Waals surface area contributed by atoms with Gasteiger partial charge in [-0.05, 0) is 30.9 Å². The fourth-order valence-electron chi connectivity index (χ4n) is 2.99. The zero-order chi connectivity index (χ0) is 13.2. The summed E-state index contributed by atoms with van der Waals surface area (Å²) in [5, 5.41) is 6.10. The number of fused-ring (bicyclic) bond motifs is 1. The predicted molar refractivity (Wildman–Crippen MR) is 84.5 cm³/mol. The third kappa shape index (κ3) is 2.62. The van der Waals surface area contributed by atoms with Crippen LogP contribution in [0.1, 0.15) is 32.6 Å². The smallest absolute Gasteiger partial charge is 0.134 e. The van der Waals surface area contributed by atoms with Gasteiger partial charge < -0.3 is 5.32 Å². The van der Waals surface area contributed by atoms with Crippen LogP contribution in [0.5, 0.6) is 0 Å². The van der Waals surface area contributed by atoms with Gasteiger partial charge in [0.1, 0.15) is 5.82 Å². The first kappa shape index (κ1) is 12.9. The highest BCUT2D eigenvalue weighted by atomic mass is 79.9. The third-order valence-corrected chi connectivity index (χ3v) is 4.88. The van der Waals surface area contributed by atoms with E-state index in [2.05, 4.69) is 57.4 Å². The molecule has 0 spiro atoms. The summed E-state index contributed by atoms with van der Waals surface area (Å²) in [4.78, 5) is 4.54. The van der Waals surface area contributed by atoms with Crippen molar-refractivity contribution in [3.05, 3.63) is 34.9 Å². The van der Waals surface area contributed by atoms with Crippen LogP contribution in [0.3, 0.4) is 0 Å². The zero-order valence-corrected chi connectivity index (χ0v) is 12.8. The Hall–Kier alpha value is -1.09. The highest BCUT2D eigenvalue weighted by Crippen LogP contribution is 2.31. The fourth-order valence-corrected chi connectivity index (χ4v) is 3.49. The standard InChI is InChI=1S/C16H19BrN2/c1-11-5-2-3-8-15(11)19-16-13-6-4-7-14(17)12(13)9-10-18-16/h4,6-7,9-11,15H,2-3,5,8H2,1H3,(H,18,19). The topological polar surface area (TPSA) is 24.9 Å². The van der Waals surface area contributed by atoms with Gasteiger partial charge in [-0.3, -0.25) is 0 Å². The number of nitrogens with one attached hydrogen (secondary N) is 1. The molecule has 0 radical (unpaired) electrons. The molecule has 2 unspecified atom stereocenters. The quantitative estimate of drug-likeness (QED) is 0.843. The molecule has 0 amide bonds. The van der Waals surface area contributed by atoms with E-state index in [9.17, 15) is 0 Å². The maximum atomic E-state index is 4.54. The van der Waals surface area contributed by atoms with Gasteiger partial charge in [-0.1, -0.05) is 47.8 Å². The Balaban J connectivity index is 1.94. The molecule has 2 atom stereocenters. The molecule has 1 heterocycles. The number of benzene rings is 1. The van der Waals surface area contributed by atoms with Crippen LogP contribution in [0, 0.1) is 5.92 Å². The van der Waals surface area contributed by atoms with Crippen LogP contribution in [0.2, 0.25) is 0 Å². The molecule has 1 aliphatic rings. The average Bonchev–Trinajstić information content (AvgIpc) is 2.42. The van der Waals surface area contributed by atoms with E-state index in [1.54, 1.807) is 0 Å². The second-order valence-electron chi connectivity index (χ2n) is 5.51. The van der Waals surface area contributed by atoms with E-state index >= 15 is 0 Å². The molecule has 1 aliphatic carbocycles.